The van der Waals surface area contributed by atoms with Gasteiger partial charge in [-0.1, -0.05) is 57.0 Å². The van der Waals surface area contributed by atoms with Crippen LogP contribution in [0.1, 0.15) is 30.9 Å². The van der Waals surface area contributed by atoms with Crippen molar-refractivity contribution in [1.82, 2.24) is 0 Å². The molecular formula is C29H28Br2N2O5. The van der Waals surface area contributed by atoms with Gasteiger partial charge in [0.2, 0.25) is 17.7 Å². The van der Waals surface area contributed by atoms with Gasteiger partial charge in [0.25, 0.3) is 0 Å². The Morgan fingerprint density at radius 3 is 2.26 bits per heavy atom. The summed E-state index contributed by atoms with van der Waals surface area (Å²) in [5.74, 6) is -1.36. The average Bonchev–Trinajstić information content (AvgIpc) is 3.62. The van der Waals surface area contributed by atoms with Gasteiger partial charge >= 0.3 is 5.97 Å². The van der Waals surface area contributed by atoms with Crippen LogP contribution in [-0.4, -0.2) is 39.9 Å². The number of halogens is 2. The minimum absolute atomic E-state index is 0.0959. The van der Waals surface area contributed by atoms with Crippen LogP contribution < -0.4 is 14.5 Å². The van der Waals surface area contributed by atoms with Crippen LogP contribution in [0.15, 0.2) is 42.5 Å². The van der Waals surface area contributed by atoms with Crippen molar-refractivity contribution in [2.75, 3.05) is 16.3 Å². The fourth-order valence-electron chi connectivity index (χ4n) is 6.90. The molecular weight excluding hydrogens is 616 g/mol. The van der Waals surface area contributed by atoms with Crippen LogP contribution in [0.5, 0.6) is 5.75 Å². The fourth-order valence-corrected chi connectivity index (χ4v) is 8.77. The molecule has 2 aromatic rings. The van der Waals surface area contributed by atoms with Crippen LogP contribution in [0.2, 0.25) is 0 Å². The van der Waals surface area contributed by atoms with E-state index in [4.69, 9.17) is 4.74 Å². The summed E-state index contributed by atoms with van der Waals surface area (Å²) in [5, 5.41) is 0. The number of esters is 1. The van der Waals surface area contributed by atoms with Crippen molar-refractivity contribution in [2.24, 2.45) is 29.6 Å². The van der Waals surface area contributed by atoms with Gasteiger partial charge in [-0.3, -0.25) is 19.2 Å². The van der Waals surface area contributed by atoms with Gasteiger partial charge in [-0.25, -0.2) is 4.90 Å². The third-order valence-corrected chi connectivity index (χ3v) is 11.9. The van der Waals surface area contributed by atoms with E-state index in [1.54, 1.807) is 30.0 Å². The third-order valence-electron chi connectivity index (χ3n) is 8.74. The molecule has 2 heterocycles. The van der Waals surface area contributed by atoms with Gasteiger partial charge in [0, 0.05) is 28.3 Å². The Hall–Kier alpha value is -2.52. The lowest BCUT2D eigenvalue weighted by Gasteiger charge is -2.28. The van der Waals surface area contributed by atoms with Crippen molar-refractivity contribution in [2.45, 2.75) is 42.8 Å². The number of carbonyl (C=O) groups excluding carboxylic acids is 4. The Morgan fingerprint density at radius 1 is 0.974 bits per heavy atom. The van der Waals surface area contributed by atoms with E-state index in [0.717, 1.165) is 24.1 Å². The first kappa shape index (κ1) is 25.7. The van der Waals surface area contributed by atoms with Crippen LogP contribution >= 0.6 is 31.9 Å². The second-order valence-corrected chi connectivity index (χ2v) is 12.9. The Kier molecular flexibility index (Phi) is 6.50. The van der Waals surface area contributed by atoms with Crippen molar-refractivity contribution in [3.63, 3.8) is 0 Å². The van der Waals surface area contributed by atoms with Gasteiger partial charge in [-0.15, -0.1) is 0 Å². The first-order chi connectivity index (χ1) is 18.2. The highest BCUT2D eigenvalue weighted by Crippen LogP contribution is 2.60. The van der Waals surface area contributed by atoms with E-state index >= 15 is 0 Å². The molecule has 2 saturated heterocycles. The zero-order chi connectivity index (χ0) is 26.9. The number of hydrogen-bond acceptors (Lipinski definition) is 5. The third kappa shape index (κ3) is 3.87. The summed E-state index contributed by atoms with van der Waals surface area (Å²) in [4.78, 5) is 55.9. The Labute approximate surface area is 238 Å². The maximum atomic E-state index is 13.4. The van der Waals surface area contributed by atoms with Gasteiger partial charge in [0.05, 0.1) is 23.4 Å². The molecule has 4 fully saturated rings. The summed E-state index contributed by atoms with van der Waals surface area (Å²) in [7, 11) is 0. The van der Waals surface area contributed by atoms with Gasteiger partial charge in [-0.2, -0.15) is 0 Å². The predicted molar refractivity (Wildman–Crippen MR) is 150 cm³/mol. The van der Waals surface area contributed by atoms with E-state index in [0.29, 0.717) is 17.0 Å². The molecule has 0 N–H and O–H groups in total. The molecule has 7 nitrogen and oxygen atoms in total. The molecule has 2 aliphatic heterocycles. The molecule has 4 aliphatic rings. The number of aryl methyl sites for hydroxylation is 2. The van der Waals surface area contributed by atoms with E-state index in [9.17, 15) is 19.2 Å². The smallest absolute Gasteiger partial charge is 0.316 e. The number of rotatable bonds is 5. The highest BCUT2D eigenvalue weighted by Gasteiger charge is 2.66. The van der Waals surface area contributed by atoms with Crippen molar-refractivity contribution < 1.29 is 23.9 Å². The number of para-hydroxylation sites is 1. The highest BCUT2D eigenvalue weighted by atomic mass is 79.9. The fraction of sp³-hybridized carbons (Fsp3) is 0.448. The number of imide groups is 1. The Balaban J connectivity index is 1.16. The Morgan fingerprint density at radius 2 is 1.63 bits per heavy atom. The van der Waals surface area contributed by atoms with Crippen molar-refractivity contribution in [3.8, 4) is 5.75 Å². The van der Waals surface area contributed by atoms with Gasteiger partial charge in [0.1, 0.15) is 5.75 Å². The molecule has 9 heteroatoms. The predicted octanol–water partition coefficient (Wildman–Crippen LogP) is 4.80. The first-order valence-corrected chi connectivity index (χ1v) is 14.9. The molecule has 2 saturated carbocycles. The van der Waals surface area contributed by atoms with Crippen molar-refractivity contribution in [3.05, 3.63) is 53.6 Å². The first-order valence-electron chi connectivity index (χ1n) is 13.1. The van der Waals surface area contributed by atoms with E-state index in [2.05, 4.69) is 31.9 Å². The number of amides is 3. The molecule has 38 heavy (non-hydrogen) atoms. The lowest BCUT2D eigenvalue weighted by Crippen LogP contribution is -2.37. The lowest BCUT2D eigenvalue weighted by molar-refractivity contribution is -0.139. The minimum atomic E-state index is -0.571. The number of nitrogens with zero attached hydrogens (tertiary/aromatic N) is 2. The molecule has 3 amide bonds. The van der Waals surface area contributed by atoms with Crippen molar-refractivity contribution in [1.29, 1.82) is 0 Å². The largest absolute Gasteiger partial charge is 0.426 e. The summed E-state index contributed by atoms with van der Waals surface area (Å²) in [6.45, 7) is 4.11. The number of benzene rings is 2. The minimum Gasteiger partial charge on any atom is -0.426 e. The Bertz CT molecular complexity index is 1330. The topological polar surface area (TPSA) is 84.0 Å². The number of anilines is 2. The van der Waals surface area contributed by atoms with E-state index in [-0.39, 0.29) is 64.0 Å². The van der Waals surface area contributed by atoms with E-state index in [1.807, 2.05) is 31.2 Å². The number of alkyl halides is 2. The van der Waals surface area contributed by atoms with Crippen LogP contribution in [0.25, 0.3) is 0 Å². The zero-order valence-electron chi connectivity index (χ0n) is 21.1. The summed E-state index contributed by atoms with van der Waals surface area (Å²) < 4.78 is 5.67. The molecule has 6 rings (SSSR count). The molecule has 0 radical (unpaired) electrons. The van der Waals surface area contributed by atoms with Crippen LogP contribution in [-0.2, 0) is 25.6 Å². The van der Waals surface area contributed by atoms with Crippen LogP contribution in [0.3, 0.4) is 0 Å². The van der Waals surface area contributed by atoms with Gasteiger partial charge in [-0.05, 0) is 67.0 Å². The van der Waals surface area contributed by atoms with Gasteiger partial charge < -0.3 is 9.64 Å². The molecule has 7 atom stereocenters. The maximum absolute atomic E-state index is 13.4. The molecule has 0 aromatic heterocycles. The number of fused-ring (bicyclic) bond motifs is 5. The molecule has 0 unspecified atom stereocenters. The molecule has 198 valence electrons. The zero-order valence-corrected chi connectivity index (χ0v) is 24.3. The van der Waals surface area contributed by atoms with Crippen LogP contribution in [0.4, 0.5) is 11.4 Å². The van der Waals surface area contributed by atoms with Gasteiger partial charge in [0.15, 0.2) is 0 Å². The highest BCUT2D eigenvalue weighted by molar-refractivity contribution is 9.12. The molecule has 2 aromatic carbocycles. The monoisotopic (exact) mass is 642 g/mol. The summed E-state index contributed by atoms with van der Waals surface area (Å²) in [5.41, 5.74) is 3.11. The second-order valence-electron chi connectivity index (χ2n) is 10.8. The maximum Gasteiger partial charge on any atom is 0.316 e. The molecule has 2 bridgehead atoms. The van der Waals surface area contributed by atoms with Crippen molar-refractivity contribution >= 4 is 66.9 Å². The SMILES string of the molecule is CCc1ccccc1N1C[C@H](C(=O)Oc2ccc(N3C(=O)[C@@H]4[C@H]5C[C@@H]([C@H](Br)[C@H]5Br)[C@@H]4C3=O)c(C)c2)CC1=O. The molecule has 2 aliphatic carbocycles. The van der Waals surface area contributed by atoms with Crippen LogP contribution in [0, 0.1) is 36.5 Å². The standard InChI is InChI=1S/C29H28Br2N2O5/c1-3-15-6-4-5-7-21(15)32-13-16(11-22(32)34)29(37)38-17-8-9-20(14(2)10-17)33-27(35)23-18-12-19(24(23)28(33)36)26(31)25(18)30/h4-10,16,18-19,23-26H,3,11-13H2,1-2H3/t16-,18-,19-,23-,24+,25+,26+/m1/s1. The summed E-state index contributed by atoms with van der Waals surface area (Å²) >= 11 is 7.44. The summed E-state index contributed by atoms with van der Waals surface area (Å²) in [6, 6.07) is 12.7. The lowest BCUT2D eigenvalue weighted by atomic mass is 9.81. The molecule has 0 spiro atoms. The van der Waals surface area contributed by atoms with E-state index < -0.39 is 11.9 Å². The summed E-state index contributed by atoms with van der Waals surface area (Å²) in [6.07, 6.45) is 1.77. The normalized spacial score (nSPS) is 31.9. The quantitative estimate of drug-likeness (QED) is 0.202. The number of ether oxygens (including phenoxy) is 1. The number of hydrogen-bond donors (Lipinski definition) is 0. The van der Waals surface area contributed by atoms with E-state index in [1.165, 1.54) is 4.90 Å². The second kappa shape index (κ2) is 9.59. The average molecular weight is 644 g/mol. The number of carbonyl (C=O) groups is 4.